The van der Waals surface area contributed by atoms with Gasteiger partial charge in [0.15, 0.2) is 5.37 Å². The number of thioether (sulfide) groups is 1. The van der Waals surface area contributed by atoms with Crippen molar-refractivity contribution in [2.45, 2.75) is 11.4 Å². The number of hydrogen-bond donors (Lipinski definition) is 1. The van der Waals surface area contributed by atoms with Gasteiger partial charge in [0.25, 0.3) is 0 Å². The highest BCUT2D eigenvalue weighted by molar-refractivity contribution is 7.99. The molecule has 2 aromatic rings. The minimum absolute atomic E-state index is 0.152. The molecule has 0 amide bonds. The summed E-state index contributed by atoms with van der Waals surface area (Å²) in [6.07, 6.45) is 0. The van der Waals surface area contributed by atoms with Gasteiger partial charge in [-0.1, -0.05) is 54.2 Å². The molecule has 2 N–H and O–H groups in total. The van der Waals surface area contributed by atoms with E-state index in [0.29, 0.717) is 5.75 Å². The van der Waals surface area contributed by atoms with Crippen LogP contribution in [-0.2, 0) is 4.79 Å². The van der Waals surface area contributed by atoms with Gasteiger partial charge >= 0.3 is 0 Å². The molecule has 0 unspecified atom stereocenters. The molecule has 1 saturated heterocycles. The molecule has 0 spiro atoms. The number of carbonyl (C=O) groups is 1. The first-order valence-corrected chi connectivity index (χ1v) is 6.96. The number of rotatable bonds is 2. The molecule has 1 heterocycles. The van der Waals surface area contributed by atoms with Gasteiger partial charge in [0.05, 0.1) is 5.75 Å². The summed E-state index contributed by atoms with van der Waals surface area (Å²) in [5.41, 5.74) is 1.20. The van der Waals surface area contributed by atoms with Gasteiger partial charge in [-0.05, 0) is 10.8 Å². The Hall–Kier alpha value is -1.52. The van der Waals surface area contributed by atoms with Crippen LogP contribution < -0.4 is 10.4 Å². The van der Waals surface area contributed by atoms with Crippen LogP contribution >= 0.6 is 11.8 Å². The van der Waals surface area contributed by atoms with E-state index in [4.69, 9.17) is 0 Å². The van der Waals surface area contributed by atoms with Crippen LogP contribution in [0.1, 0.15) is 10.9 Å². The third-order valence-corrected chi connectivity index (χ3v) is 4.62. The molecule has 0 aromatic heterocycles. The van der Waals surface area contributed by atoms with E-state index in [9.17, 15) is 9.90 Å². The maximum atomic E-state index is 10.9. The number of fused-ring (bicyclic) bond motifs is 1. The highest BCUT2D eigenvalue weighted by Gasteiger charge is 2.31. The third-order valence-electron chi connectivity index (χ3n) is 3.30. The van der Waals surface area contributed by atoms with Crippen LogP contribution in [-0.4, -0.2) is 17.8 Å². The van der Waals surface area contributed by atoms with Crippen molar-refractivity contribution < 1.29 is 15.2 Å². The van der Waals surface area contributed by atoms with Crippen molar-refractivity contribution in [1.82, 2.24) is 0 Å². The second-order valence-electron chi connectivity index (χ2n) is 4.44. The van der Waals surface area contributed by atoms with Gasteiger partial charge in [-0.3, -0.25) is 0 Å². The first-order chi connectivity index (χ1) is 8.75. The number of quaternary nitrogens is 1. The Morgan fingerprint density at radius 3 is 2.78 bits per heavy atom. The maximum absolute atomic E-state index is 10.9. The summed E-state index contributed by atoms with van der Waals surface area (Å²) in [6, 6.07) is 13.9. The Morgan fingerprint density at radius 2 is 2.00 bits per heavy atom. The van der Waals surface area contributed by atoms with E-state index in [1.807, 2.05) is 23.5 Å². The predicted molar refractivity (Wildman–Crippen MR) is 69.9 cm³/mol. The fourth-order valence-corrected chi connectivity index (χ4v) is 3.72. The molecule has 0 saturated carbocycles. The summed E-state index contributed by atoms with van der Waals surface area (Å²) >= 11 is 1.67. The highest BCUT2D eigenvalue weighted by atomic mass is 32.2. The number of aliphatic carboxylic acids is 1. The van der Waals surface area contributed by atoms with E-state index in [-0.39, 0.29) is 5.37 Å². The average Bonchev–Trinajstić information content (AvgIpc) is 2.87. The van der Waals surface area contributed by atoms with Crippen LogP contribution in [0.25, 0.3) is 10.8 Å². The lowest BCUT2D eigenvalue weighted by atomic mass is 10.0. The van der Waals surface area contributed by atoms with Crippen molar-refractivity contribution in [3.63, 3.8) is 0 Å². The molecule has 18 heavy (non-hydrogen) atoms. The van der Waals surface area contributed by atoms with Gasteiger partial charge in [-0.15, -0.1) is 0 Å². The number of benzene rings is 2. The second-order valence-corrected chi connectivity index (χ2v) is 5.61. The Kier molecular flexibility index (Phi) is 2.97. The fourth-order valence-electron chi connectivity index (χ4n) is 2.37. The predicted octanol–water partition coefficient (Wildman–Crippen LogP) is 0.267. The minimum atomic E-state index is -0.967. The van der Waals surface area contributed by atoms with Crippen LogP contribution in [0.5, 0.6) is 0 Å². The van der Waals surface area contributed by atoms with Crippen LogP contribution in [0.4, 0.5) is 0 Å². The van der Waals surface area contributed by atoms with Gasteiger partial charge < -0.3 is 15.2 Å². The smallest absolute Gasteiger partial charge is 0.160 e. The van der Waals surface area contributed by atoms with E-state index >= 15 is 0 Å². The van der Waals surface area contributed by atoms with Crippen molar-refractivity contribution in [3.05, 3.63) is 48.0 Å². The molecule has 2 atom stereocenters. The van der Waals surface area contributed by atoms with E-state index < -0.39 is 12.0 Å². The third kappa shape index (κ3) is 1.98. The summed E-state index contributed by atoms with van der Waals surface area (Å²) in [6.45, 7) is 0. The minimum Gasteiger partial charge on any atom is -0.544 e. The zero-order valence-electron chi connectivity index (χ0n) is 9.71. The molecule has 1 fully saturated rings. The number of carbonyl (C=O) groups excluding carboxylic acids is 1. The molecule has 92 valence electrons. The number of nitrogens with two attached hydrogens (primary N) is 1. The van der Waals surface area contributed by atoms with Crippen molar-refractivity contribution in [1.29, 1.82) is 0 Å². The number of hydrogen-bond acceptors (Lipinski definition) is 3. The molecular formula is C14H13NO2S. The Morgan fingerprint density at radius 1 is 1.22 bits per heavy atom. The molecule has 0 aliphatic carbocycles. The maximum Gasteiger partial charge on any atom is 0.160 e. The normalized spacial score (nSPS) is 23.3. The van der Waals surface area contributed by atoms with Crippen molar-refractivity contribution in [2.24, 2.45) is 0 Å². The van der Waals surface area contributed by atoms with E-state index in [1.54, 1.807) is 11.8 Å². The van der Waals surface area contributed by atoms with Crippen molar-refractivity contribution in [2.75, 3.05) is 5.75 Å². The summed E-state index contributed by atoms with van der Waals surface area (Å²) in [4.78, 5) is 10.9. The van der Waals surface area contributed by atoms with Crippen molar-refractivity contribution in [3.8, 4) is 0 Å². The molecule has 3 nitrogen and oxygen atoms in total. The van der Waals surface area contributed by atoms with E-state index in [1.165, 1.54) is 16.3 Å². The first kappa shape index (κ1) is 11.6. The zero-order chi connectivity index (χ0) is 12.5. The van der Waals surface area contributed by atoms with E-state index in [0.717, 1.165) is 0 Å². The SMILES string of the molecule is O=C([O-])[C@H]1CS[C@H](c2cccc3ccccc23)[NH2+]1. The summed E-state index contributed by atoms with van der Waals surface area (Å²) in [5, 5.41) is 15.3. The fraction of sp³-hybridized carbons (Fsp3) is 0.214. The van der Waals surface area contributed by atoms with Gasteiger partial charge in [0.1, 0.15) is 12.0 Å². The summed E-state index contributed by atoms with van der Waals surface area (Å²) < 4.78 is 0. The Labute approximate surface area is 109 Å². The van der Waals surface area contributed by atoms with E-state index in [2.05, 4.69) is 24.3 Å². The second kappa shape index (κ2) is 4.63. The largest absolute Gasteiger partial charge is 0.544 e. The van der Waals surface area contributed by atoms with Crippen molar-refractivity contribution >= 4 is 28.5 Å². The highest BCUT2D eigenvalue weighted by Crippen LogP contribution is 2.31. The topological polar surface area (TPSA) is 56.7 Å². The molecular weight excluding hydrogens is 246 g/mol. The lowest BCUT2D eigenvalue weighted by Gasteiger charge is -2.13. The van der Waals surface area contributed by atoms with Gasteiger partial charge in [-0.25, -0.2) is 0 Å². The molecule has 4 heteroatoms. The summed E-state index contributed by atoms with van der Waals surface area (Å²) in [7, 11) is 0. The van der Waals surface area contributed by atoms with Crippen LogP contribution in [0.15, 0.2) is 42.5 Å². The van der Waals surface area contributed by atoms with Crippen LogP contribution in [0.2, 0.25) is 0 Å². The molecule has 2 aromatic carbocycles. The van der Waals surface area contributed by atoms with Gasteiger partial charge in [0.2, 0.25) is 0 Å². The number of carboxylic acid groups (broad SMARTS) is 1. The molecule has 1 aliphatic heterocycles. The molecule has 0 bridgehead atoms. The quantitative estimate of drug-likeness (QED) is 0.842. The number of carboxylic acids is 1. The zero-order valence-corrected chi connectivity index (χ0v) is 10.5. The van der Waals surface area contributed by atoms with Crippen LogP contribution in [0, 0.1) is 0 Å². The standard InChI is InChI=1S/C14H13NO2S/c16-14(17)12-8-18-13(15-12)11-7-3-5-9-4-1-2-6-10(9)11/h1-7,12-13,15H,8H2,(H,16,17)/t12-,13-/m1/s1. The molecule has 1 aliphatic rings. The monoisotopic (exact) mass is 259 g/mol. The first-order valence-electron chi connectivity index (χ1n) is 5.91. The molecule has 3 rings (SSSR count). The summed E-state index contributed by atoms with van der Waals surface area (Å²) in [5.74, 6) is -0.360. The van der Waals surface area contributed by atoms with Crippen LogP contribution in [0.3, 0.4) is 0 Å². The lowest BCUT2D eigenvalue weighted by molar-refractivity contribution is -0.690. The Balaban J connectivity index is 1.98. The Bertz CT molecular complexity index is 594. The van der Waals surface area contributed by atoms with Gasteiger partial charge in [0, 0.05) is 5.56 Å². The lowest BCUT2D eigenvalue weighted by Crippen LogP contribution is -2.90. The van der Waals surface area contributed by atoms with Gasteiger partial charge in [-0.2, -0.15) is 0 Å². The molecule has 0 radical (unpaired) electrons. The average molecular weight is 259 g/mol.